The summed E-state index contributed by atoms with van der Waals surface area (Å²) in [6, 6.07) is 24.0. The SMILES string of the molecule is Cc1cccc(C(=O)N[C@H]2C(=O)N/[N+](=C\c3ccccc3C)[C@H]2c2ccccc2)c1. The quantitative estimate of drug-likeness (QED) is 0.663. The summed E-state index contributed by atoms with van der Waals surface area (Å²) in [4.78, 5) is 25.8. The van der Waals surface area contributed by atoms with Gasteiger partial charge in [0.05, 0.1) is 0 Å². The van der Waals surface area contributed by atoms with Crippen LogP contribution in [0.25, 0.3) is 0 Å². The standard InChI is InChI=1S/C25H23N3O2/c1-17-9-8-14-20(15-17)24(29)26-22-23(19-11-4-3-5-12-19)28(27-25(22)30)16-21-13-7-6-10-18(21)2/h3-16,22-23H,1-2H3,(H-,26,27,29,30)/p+1/b28-16-/t22-,23+/m1/s1. The van der Waals surface area contributed by atoms with E-state index < -0.39 is 6.04 Å². The lowest BCUT2D eigenvalue weighted by Crippen LogP contribution is -2.42. The van der Waals surface area contributed by atoms with Crippen molar-refractivity contribution in [3.63, 3.8) is 0 Å². The zero-order valence-corrected chi connectivity index (χ0v) is 17.0. The van der Waals surface area contributed by atoms with Gasteiger partial charge in [-0.3, -0.25) is 9.59 Å². The first-order chi connectivity index (χ1) is 14.5. The summed E-state index contributed by atoms with van der Waals surface area (Å²) in [6.45, 7) is 3.96. The maximum Gasteiger partial charge on any atom is 0.304 e. The molecule has 5 heteroatoms. The fourth-order valence-corrected chi connectivity index (χ4v) is 3.72. The Hall–Kier alpha value is -3.73. The predicted molar refractivity (Wildman–Crippen MR) is 116 cm³/mol. The molecule has 2 atom stereocenters. The van der Waals surface area contributed by atoms with Crippen LogP contribution >= 0.6 is 0 Å². The molecule has 5 nitrogen and oxygen atoms in total. The molecule has 0 aromatic heterocycles. The lowest BCUT2D eigenvalue weighted by molar-refractivity contribution is -0.596. The van der Waals surface area contributed by atoms with E-state index in [9.17, 15) is 9.59 Å². The number of hydrogen-bond donors (Lipinski definition) is 2. The zero-order chi connectivity index (χ0) is 21.1. The molecular weight excluding hydrogens is 374 g/mol. The third-order valence-electron chi connectivity index (χ3n) is 5.31. The molecule has 2 amide bonds. The largest absolute Gasteiger partial charge is 0.334 e. The highest BCUT2D eigenvalue weighted by Gasteiger charge is 2.47. The van der Waals surface area contributed by atoms with Gasteiger partial charge in [-0.15, -0.1) is 10.1 Å². The normalized spacial score (nSPS) is 19.5. The maximum atomic E-state index is 12.9. The molecule has 0 unspecified atom stereocenters. The van der Waals surface area contributed by atoms with Crippen molar-refractivity contribution in [3.8, 4) is 0 Å². The van der Waals surface area contributed by atoms with Gasteiger partial charge in [0.2, 0.25) is 12.3 Å². The Morgan fingerprint density at radius 1 is 0.967 bits per heavy atom. The molecule has 0 bridgehead atoms. The first kappa shape index (κ1) is 19.6. The van der Waals surface area contributed by atoms with E-state index in [0.29, 0.717) is 5.56 Å². The molecular formula is C25H24N3O2+. The predicted octanol–water partition coefficient (Wildman–Crippen LogP) is 3.32. The molecule has 1 heterocycles. The molecule has 2 N–H and O–H groups in total. The number of amides is 2. The number of nitrogens with one attached hydrogen (secondary N) is 2. The third-order valence-corrected chi connectivity index (χ3v) is 5.31. The Bertz CT molecular complexity index is 1120. The van der Waals surface area contributed by atoms with E-state index >= 15 is 0 Å². The van der Waals surface area contributed by atoms with Gasteiger partial charge in [0.1, 0.15) is 0 Å². The number of benzene rings is 3. The van der Waals surface area contributed by atoms with E-state index in [0.717, 1.165) is 22.3 Å². The number of hydrogen-bond acceptors (Lipinski definition) is 2. The Morgan fingerprint density at radius 2 is 1.70 bits per heavy atom. The van der Waals surface area contributed by atoms with Crippen LogP contribution in [-0.4, -0.2) is 28.8 Å². The first-order valence-electron chi connectivity index (χ1n) is 9.95. The zero-order valence-electron chi connectivity index (χ0n) is 17.0. The first-order valence-corrected chi connectivity index (χ1v) is 9.95. The van der Waals surface area contributed by atoms with Crippen LogP contribution in [0, 0.1) is 13.8 Å². The minimum atomic E-state index is -0.722. The van der Waals surface area contributed by atoms with Crippen molar-refractivity contribution < 1.29 is 14.3 Å². The molecule has 0 radical (unpaired) electrons. The van der Waals surface area contributed by atoms with Crippen LogP contribution in [0.3, 0.4) is 0 Å². The summed E-state index contributed by atoms with van der Waals surface area (Å²) in [5, 5.41) is 2.94. The van der Waals surface area contributed by atoms with Gasteiger partial charge in [0.15, 0.2) is 6.04 Å². The van der Waals surface area contributed by atoms with Crippen molar-refractivity contribution in [2.45, 2.75) is 25.9 Å². The van der Waals surface area contributed by atoms with Crippen LogP contribution in [0.5, 0.6) is 0 Å². The number of aryl methyl sites for hydroxylation is 2. The fraction of sp³-hybridized carbons (Fsp3) is 0.160. The lowest BCUT2D eigenvalue weighted by atomic mass is 9.99. The molecule has 1 aliphatic rings. The number of hydrazine groups is 1. The topological polar surface area (TPSA) is 61.2 Å². The average molecular weight is 398 g/mol. The highest BCUT2D eigenvalue weighted by molar-refractivity contribution is 5.98. The van der Waals surface area contributed by atoms with Crippen LogP contribution in [0.4, 0.5) is 0 Å². The highest BCUT2D eigenvalue weighted by atomic mass is 16.2. The summed E-state index contributed by atoms with van der Waals surface area (Å²) >= 11 is 0. The lowest BCUT2D eigenvalue weighted by Gasteiger charge is -2.15. The molecule has 1 saturated heterocycles. The molecule has 0 aliphatic carbocycles. The van der Waals surface area contributed by atoms with Crippen molar-refractivity contribution in [3.05, 3.63) is 107 Å². The molecule has 1 fully saturated rings. The summed E-state index contributed by atoms with van der Waals surface area (Å²) in [7, 11) is 0. The molecule has 4 rings (SSSR count). The molecule has 0 spiro atoms. The van der Waals surface area contributed by atoms with E-state index in [2.05, 4.69) is 10.7 Å². The number of nitrogens with zero attached hydrogens (tertiary/aromatic N) is 1. The number of rotatable bonds is 4. The Balaban J connectivity index is 1.71. The van der Waals surface area contributed by atoms with Gasteiger partial charge in [0, 0.05) is 16.7 Å². The summed E-state index contributed by atoms with van der Waals surface area (Å²) < 4.78 is 1.79. The summed E-state index contributed by atoms with van der Waals surface area (Å²) in [5.74, 6) is -0.507. The van der Waals surface area contributed by atoms with Gasteiger partial charge in [-0.05, 0) is 37.6 Å². The van der Waals surface area contributed by atoms with E-state index in [4.69, 9.17) is 0 Å². The minimum Gasteiger partial charge on any atom is -0.334 e. The van der Waals surface area contributed by atoms with Crippen LogP contribution < -0.4 is 10.7 Å². The van der Waals surface area contributed by atoms with Crippen LogP contribution in [-0.2, 0) is 4.79 Å². The van der Waals surface area contributed by atoms with Crippen molar-refractivity contribution in [1.82, 2.24) is 10.7 Å². The monoisotopic (exact) mass is 398 g/mol. The Morgan fingerprint density at radius 3 is 2.43 bits per heavy atom. The fourth-order valence-electron chi connectivity index (χ4n) is 3.72. The van der Waals surface area contributed by atoms with Gasteiger partial charge in [0.25, 0.3) is 5.91 Å². The van der Waals surface area contributed by atoms with E-state index in [1.807, 2.05) is 92.9 Å². The molecule has 150 valence electrons. The van der Waals surface area contributed by atoms with Crippen LogP contribution in [0.2, 0.25) is 0 Å². The van der Waals surface area contributed by atoms with Gasteiger partial charge in [-0.25, -0.2) is 0 Å². The molecule has 1 aliphatic heterocycles. The van der Waals surface area contributed by atoms with Gasteiger partial charge in [-0.2, -0.15) is 0 Å². The Kier molecular flexibility index (Phi) is 5.44. The smallest absolute Gasteiger partial charge is 0.304 e. The molecule has 0 saturated carbocycles. The van der Waals surface area contributed by atoms with Crippen LogP contribution in [0.1, 0.15) is 38.7 Å². The highest BCUT2D eigenvalue weighted by Crippen LogP contribution is 2.25. The second-order valence-corrected chi connectivity index (χ2v) is 7.55. The summed E-state index contributed by atoms with van der Waals surface area (Å²) in [5.41, 5.74) is 7.50. The number of carbonyl (C=O) groups is 2. The molecule has 3 aromatic carbocycles. The van der Waals surface area contributed by atoms with Gasteiger partial charge in [-0.1, -0.05) is 66.2 Å². The molecule has 30 heavy (non-hydrogen) atoms. The number of carbonyl (C=O) groups excluding carboxylic acids is 2. The summed E-state index contributed by atoms with van der Waals surface area (Å²) in [6.07, 6.45) is 1.92. The maximum absolute atomic E-state index is 12.9. The second-order valence-electron chi connectivity index (χ2n) is 7.55. The van der Waals surface area contributed by atoms with Crippen molar-refractivity contribution in [1.29, 1.82) is 0 Å². The van der Waals surface area contributed by atoms with E-state index in [-0.39, 0.29) is 17.9 Å². The van der Waals surface area contributed by atoms with Crippen molar-refractivity contribution in [2.75, 3.05) is 0 Å². The number of hydrazone groups is 1. The van der Waals surface area contributed by atoms with E-state index in [1.54, 1.807) is 10.8 Å². The molecule has 3 aromatic rings. The third kappa shape index (κ3) is 4.01. The minimum absolute atomic E-state index is 0.241. The van der Waals surface area contributed by atoms with Crippen molar-refractivity contribution in [2.24, 2.45) is 0 Å². The average Bonchev–Trinajstić information content (AvgIpc) is 3.05. The second kappa shape index (κ2) is 8.33. The van der Waals surface area contributed by atoms with Crippen LogP contribution in [0.15, 0.2) is 78.9 Å². The van der Waals surface area contributed by atoms with Gasteiger partial charge >= 0.3 is 5.91 Å². The Labute approximate surface area is 176 Å². The van der Waals surface area contributed by atoms with E-state index in [1.165, 1.54) is 0 Å². The van der Waals surface area contributed by atoms with Gasteiger partial charge < -0.3 is 5.32 Å². The van der Waals surface area contributed by atoms with Crippen molar-refractivity contribution >= 4 is 18.0 Å².